The van der Waals surface area contributed by atoms with E-state index in [1.165, 1.54) is 0 Å². The van der Waals surface area contributed by atoms with Crippen LogP contribution in [0.1, 0.15) is 105 Å². The van der Waals surface area contributed by atoms with Crippen LogP contribution >= 0.6 is 22.9 Å². The number of aryl methyl sites for hydroxylation is 1. The van der Waals surface area contributed by atoms with E-state index >= 15 is 0 Å². The Hall–Kier alpha value is -5.41. The van der Waals surface area contributed by atoms with Crippen molar-refractivity contribution in [1.29, 1.82) is 5.26 Å². The van der Waals surface area contributed by atoms with Gasteiger partial charge in [-0.15, -0.1) is 11.3 Å². The van der Waals surface area contributed by atoms with E-state index in [1.807, 2.05) is 75.7 Å². The van der Waals surface area contributed by atoms with Gasteiger partial charge in [-0.2, -0.15) is 5.26 Å². The van der Waals surface area contributed by atoms with Crippen LogP contribution in [0.2, 0.25) is 5.02 Å². The number of aromatic nitrogens is 3. The molecule has 3 aromatic heterocycles. The number of thiazole rings is 1. The minimum absolute atomic E-state index is 0.0512. The lowest BCUT2D eigenvalue weighted by Gasteiger charge is -2.63. The third-order valence-corrected chi connectivity index (χ3v) is 15.8. The van der Waals surface area contributed by atoms with Crippen molar-refractivity contribution in [2.75, 3.05) is 44.2 Å². The Morgan fingerprint density at radius 2 is 1.74 bits per heavy atom. The van der Waals surface area contributed by atoms with Crippen LogP contribution in [0.5, 0.6) is 5.75 Å². The topological polar surface area (TPSA) is 193 Å². The van der Waals surface area contributed by atoms with E-state index in [4.69, 9.17) is 25.8 Å². The van der Waals surface area contributed by atoms with Gasteiger partial charge in [-0.3, -0.25) is 19.4 Å². The fourth-order valence-corrected chi connectivity index (χ4v) is 11.9. The van der Waals surface area contributed by atoms with Crippen LogP contribution in [-0.2, 0) is 11.2 Å². The van der Waals surface area contributed by atoms with Crippen LogP contribution in [0.15, 0.2) is 76.9 Å². The van der Waals surface area contributed by atoms with Gasteiger partial charge in [0.1, 0.15) is 35.7 Å². The number of amides is 2. The lowest BCUT2D eigenvalue weighted by Crippen LogP contribution is -2.74. The number of carbonyl (C=O) groups excluding carboxylic acids is 2. The predicted molar refractivity (Wildman–Crippen MR) is 266 cm³/mol. The number of nitriles is 1. The van der Waals surface area contributed by atoms with Crippen LogP contribution in [0, 0.1) is 35.0 Å². The Kier molecular flexibility index (Phi) is 14.9. The van der Waals surface area contributed by atoms with Gasteiger partial charge in [0.05, 0.1) is 62.0 Å². The first-order chi connectivity index (χ1) is 32.8. The summed E-state index contributed by atoms with van der Waals surface area (Å²) in [6.45, 7) is 20.4. The highest BCUT2D eigenvalue weighted by molar-refractivity contribution is 7.13. The maximum Gasteiger partial charge on any atom is 0.253 e. The van der Waals surface area contributed by atoms with E-state index < -0.39 is 24.3 Å². The SMILES string of the molecule is Cc1ncsc1-c1ccc([C@H](C)NC(=O)[C@@H]2C[C@@H](O)CN2C(O)C(c2cc(CCN3CCN(c4ccc(C(=O)NC5C(C)(C)C(Oc6ccc(C#N)c(Cl)c6)C5(C)C)cn4)CC3)no2)C(C)C)cc1. The lowest BCUT2D eigenvalue weighted by molar-refractivity contribution is -0.164. The molecule has 2 saturated heterocycles. The number of aliphatic hydroxyl groups is 2. The van der Waals surface area contributed by atoms with Crippen molar-refractivity contribution in [3.8, 4) is 22.3 Å². The number of hydrogen-bond acceptors (Lipinski definition) is 14. The molecule has 0 spiro atoms. The van der Waals surface area contributed by atoms with E-state index in [0.717, 1.165) is 65.9 Å². The van der Waals surface area contributed by atoms with E-state index in [-0.39, 0.29) is 59.7 Å². The van der Waals surface area contributed by atoms with Gasteiger partial charge >= 0.3 is 0 Å². The molecule has 2 amide bonds. The van der Waals surface area contributed by atoms with Crippen LogP contribution in [-0.4, -0.2) is 117 Å². The summed E-state index contributed by atoms with van der Waals surface area (Å²) in [4.78, 5) is 43.8. The average molecular weight is 979 g/mol. The van der Waals surface area contributed by atoms with Crippen LogP contribution in [0.3, 0.4) is 0 Å². The average Bonchev–Trinajstić information content (AvgIpc) is 4.09. The third kappa shape index (κ3) is 10.5. The molecule has 15 nitrogen and oxygen atoms in total. The molecule has 0 bridgehead atoms. The summed E-state index contributed by atoms with van der Waals surface area (Å²) in [5, 5.41) is 43.0. The number of β-amino-alcohol motifs (C(OH)–C–C–N with tert-alkyl or cyclic N) is 1. The number of carbonyl (C=O) groups is 2. The third-order valence-electron chi connectivity index (χ3n) is 14.5. The quantitative estimate of drug-likeness (QED) is 0.0767. The highest BCUT2D eigenvalue weighted by Gasteiger charge is 2.64. The Bertz CT molecular complexity index is 2620. The summed E-state index contributed by atoms with van der Waals surface area (Å²) in [7, 11) is 0. The van der Waals surface area contributed by atoms with E-state index in [2.05, 4.69) is 64.3 Å². The minimum atomic E-state index is -1.08. The molecule has 366 valence electrons. The van der Waals surface area contributed by atoms with Gasteiger partial charge in [0.2, 0.25) is 5.91 Å². The Morgan fingerprint density at radius 1 is 1.01 bits per heavy atom. The number of rotatable bonds is 16. The molecule has 2 unspecified atom stereocenters. The Morgan fingerprint density at radius 3 is 2.36 bits per heavy atom. The molecule has 5 atom stereocenters. The highest BCUT2D eigenvalue weighted by Crippen LogP contribution is 2.55. The Labute approximate surface area is 413 Å². The van der Waals surface area contributed by atoms with Gasteiger partial charge in [-0.05, 0) is 61.6 Å². The number of pyridine rings is 1. The van der Waals surface area contributed by atoms with Gasteiger partial charge in [-0.1, -0.05) is 82.6 Å². The first kappa shape index (κ1) is 50.0. The molecule has 1 saturated carbocycles. The summed E-state index contributed by atoms with van der Waals surface area (Å²) in [6, 6.07) is 19.7. The fourth-order valence-electron chi connectivity index (χ4n) is 10.9. The predicted octanol–water partition coefficient (Wildman–Crippen LogP) is 7.37. The smallest absolute Gasteiger partial charge is 0.253 e. The number of halogens is 1. The summed E-state index contributed by atoms with van der Waals surface area (Å²) in [5.41, 5.74) is 5.75. The molecule has 1 aliphatic carbocycles. The second-order valence-corrected chi connectivity index (χ2v) is 21.7. The van der Waals surface area contributed by atoms with Gasteiger partial charge in [0.15, 0.2) is 0 Å². The van der Waals surface area contributed by atoms with Crippen LogP contribution in [0.25, 0.3) is 10.4 Å². The van der Waals surface area contributed by atoms with Gasteiger partial charge in [-0.25, -0.2) is 9.97 Å². The second-order valence-electron chi connectivity index (χ2n) is 20.4. The summed E-state index contributed by atoms with van der Waals surface area (Å²) < 4.78 is 12.3. The first-order valence-corrected chi connectivity index (χ1v) is 25.1. The zero-order valence-corrected chi connectivity index (χ0v) is 42.2. The number of aliphatic hydroxyl groups excluding tert-OH is 2. The van der Waals surface area contributed by atoms with Crippen LogP contribution < -0.4 is 20.3 Å². The number of anilines is 1. The van der Waals surface area contributed by atoms with Crippen molar-refractivity contribution < 1.29 is 29.1 Å². The molecule has 8 rings (SSSR count). The number of nitrogens with one attached hydrogen (secondary N) is 2. The molecule has 2 aliphatic heterocycles. The molecule has 3 aliphatic rings. The second kappa shape index (κ2) is 20.5. The molecule has 5 heterocycles. The number of nitrogens with zero attached hydrogens (tertiary/aromatic N) is 7. The van der Waals surface area contributed by atoms with Crippen molar-refractivity contribution in [3.63, 3.8) is 0 Å². The first-order valence-electron chi connectivity index (χ1n) is 23.8. The van der Waals surface area contributed by atoms with E-state index in [9.17, 15) is 25.1 Å². The van der Waals surface area contributed by atoms with Crippen molar-refractivity contribution in [3.05, 3.63) is 111 Å². The largest absolute Gasteiger partial charge is 0.489 e. The van der Waals surface area contributed by atoms with Gasteiger partial charge in [0.25, 0.3) is 5.91 Å². The molecule has 17 heteroatoms. The van der Waals surface area contributed by atoms with E-state index in [0.29, 0.717) is 34.1 Å². The maximum absolute atomic E-state index is 13.8. The zero-order valence-electron chi connectivity index (χ0n) is 40.6. The van der Waals surface area contributed by atoms with Crippen molar-refractivity contribution in [2.24, 2.45) is 16.7 Å². The summed E-state index contributed by atoms with van der Waals surface area (Å²) >= 11 is 7.86. The maximum atomic E-state index is 13.8. The van der Waals surface area contributed by atoms with Crippen molar-refractivity contribution in [2.45, 2.75) is 111 Å². The van der Waals surface area contributed by atoms with Crippen molar-refractivity contribution in [1.82, 2.24) is 35.6 Å². The molecular formula is C52H64ClN9O6S. The molecular weight excluding hydrogens is 914 g/mol. The summed E-state index contributed by atoms with van der Waals surface area (Å²) in [6.07, 6.45) is 0.464. The number of benzene rings is 2. The van der Waals surface area contributed by atoms with Gasteiger partial charge < -0.3 is 35.0 Å². The fraction of sp³-hybridized carbons (Fsp3) is 0.500. The standard InChI is InChI=1S/C52H64ClN9O6S/c1-30(2)44(48(66)62-28-38(63)24-41(62)47(65)57-31(3)33-9-11-34(12-10-33)45-32(4)56-29-69-45)42-23-37(59-68-42)17-18-60-19-21-61(22-20-60)43-16-14-36(27-55-43)46(64)58-49-51(5,6)50(52(49,7)8)67-39-15-13-35(26-54)40(53)25-39/h9-16,23,25,27,29-31,38,41,44,48-50,63,66H,17-22,24,28H2,1-8H3,(H,57,65)(H,58,64)/t31-,38+,41-,44?,48?,49?,50?/m0/s1. The molecule has 5 aromatic rings. The molecule has 2 aromatic carbocycles. The highest BCUT2D eigenvalue weighted by atomic mass is 35.5. The zero-order chi connectivity index (χ0) is 49.4. The number of likely N-dealkylation sites (tertiary alicyclic amines) is 1. The summed E-state index contributed by atoms with van der Waals surface area (Å²) in [5.74, 6) is 0.981. The molecule has 4 N–H and O–H groups in total. The number of hydrogen-bond donors (Lipinski definition) is 4. The minimum Gasteiger partial charge on any atom is -0.489 e. The Balaban J connectivity index is 0.804. The molecule has 3 fully saturated rings. The number of ether oxygens (including phenoxy) is 1. The van der Waals surface area contributed by atoms with Crippen LogP contribution in [0.4, 0.5) is 5.82 Å². The molecule has 69 heavy (non-hydrogen) atoms. The normalized spacial score (nSPS) is 22.6. The number of piperazine rings is 1. The van der Waals surface area contributed by atoms with Gasteiger partial charge in [0, 0.05) is 80.9 Å². The van der Waals surface area contributed by atoms with E-state index in [1.54, 1.807) is 40.6 Å². The monoisotopic (exact) mass is 977 g/mol. The molecule has 0 radical (unpaired) electrons. The van der Waals surface area contributed by atoms with Crippen molar-refractivity contribution >= 4 is 40.6 Å². The lowest BCUT2D eigenvalue weighted by atomic mass is 9.49.